The summed E-state index contributed by atoms with van der Waals surface area (Å²) in [6.45, 7) is 6.93. The molecule has 0 spiro atoms. The second-order valence-corrected chi connectivity index (χ2v) is 6.36. The summed E-state index contributed by atoms with van der Waals surface area (Å²) >= 11 is 0. The van der Waals surface area contributed by atoms with Gasteiger partial charge in [-0.25, -0.2) is 4.39 Å². The van der Waals surface area contributed by atoms with Gasteiger partial charge in [-0.05, 0) is 41.7 Å². The molecule has 0 fully saturated rings. The summed E-state index contributed by atoms with van der Waals surface area (Å²) in [7, 11) is 0. The SMILES string of the molecule is Cc1ccccc1CNC(=O)CN[C@H](c1ccc(F)cc1)C(C)C. The molecule has 0 aliphatic heterocycles. The van der Waals surface area contributed by atoms with E-state index in [2.05, 4.69) is 24.5 Å². The van der Waals surface area contributed by atoms with Crippen LogP contribution in [0.1, 0.15) is 36.6 Å². The van der Waals surface area contributed by atoms with E-state index in [9.17, 15) is 9.18 Å². The van der Waals surface area contributed by atoms with Crippen molar-refractivity contribution in [3.8, 4) is 0 Å². The number of amides is 1. The molecule has 0 bridgehead atoms. The van der Waals surface area contributed by atoms with Crippen molar-refractivity contribution in [1.29, 1.82) is 0 Å². The first kappa shape index (κ1) is 18.1. The van der Waals surface area contributed by atoms with E-state index >= 15 is 0 Å². The predicted octanol–water partition coefficient (Wildman–Crippen LogP) is 3.74. The number of hydrogen-bond acceptors (Lipinski definition) is 2. The average Bonchev–Trinajstić information content (AvgIpc) is 2.55. The highest BCUT2D eigenvalue weighted by Crippen LogP contribution is 2.21. The summed E-state index contributed by atoms with van der Waals surface area (Å²) in [6.07, 6.45) is 0. The Morgan fingerprint density at radius 3 is 2.38 bits per heavy atom. The lowest BCUT2D eigenvalue weighted by Crippen LogP contribution is -2.37. The van der Waals surface area contributed by atoms with Crippen LogP contribution >= 0.6 is 0 Å². The molecule has 0 aliphatic carbocycles. The van der Waals surface area contributed by atoms with E-state index in [0.29, 0.717) is 12.5 Å². The highest BCUT2D eigenvalue weighted by molar-refractivity contribution is 5.78. The molecular formula is C20H25FN2O. The van der Waals surface area contributed by atoms with Crippen molar-refractivity contribution in [3.63, 3.8) is 0 Å². The predicted molar refractivity (Wildman–Crippen MR) is 95.0 cm³/mol. The van der Waals surface area contributed by atoms with E-state index in [4.69, 9.17) is 0 Å². The molecule has 2 aromatic rings. The molecule has 3 nitrogen and oxygen atoms in total. The third-order valence-corrected chi connectivity index (χ3v) is 4.12. The molecular weight excluding hydrogens is 303 g/mol. The zero-order valence-corrected chi connectivity index (χ0v) is 14.5. The van der Waals surface area contributed by atoms with Crippen molar-refractivity contribution < 1.29 is 9.18 Å². The largest absolute Gasteiger partial charge is 0.351 e. The third-order valence-electron chi connectivity index (χ3n) is 4.12. The maximum Gasteiger partial charge on any atom is 0.234 e. The molecule has 0 unspecified atom stereocenters. The van der Waals surface area contributed by atoms with Gasteiger partial charge in [0.1, 0.15) is 5.82 Å². The summed E-state index contributed by atoms with van der Waals surface area (Å²) in [5, 5.41) is 6.20. The van der Waals surface area contributed by atoms with Crippen molar-refractivity contribution in [3.05, 3.63) is 71.0 Å². The molecule has 4 heteroatoms. The second kappa shape index (κ2) is 8.60. The Hall–Kier alpha value is -2.20. The smallest absolute Gasteiger partial charge is 0.234 e. The molecule has 0 saturated heterocycles. The van der Waals surface area contributed by atoms with Gasteiger partial charge in [-0.2, -0.15) is 0 Å². The van der Waals surface area contributed by atoms with E-state index < -0.39 is 0 Å². The molecule has 0 heterocycles. The van der Waals surface area contributed by atoms with Gasteiger partial charge in [0.2, 0.25) is 5.91 Å². The minimum atomic E-state index is -0.253. The third kappa shape index (κ3) is 5.17. The zero-order chi connectivity index (χ0) is 17.5. The highest BCUT2D eigenvalue weighted by atomic mass is 19.1. The van der Waals surface area contributed by atoms with Crippen LogP contribution in [0.4, 0.5) is 4.39 Å². The monoisotopic (exact) mass is 328 g/mol. The zero-order valence-electron chi connectivity index (χ0n) is 14.5. The van der Waals surface area contributed by atoms with Gasteiger partial charge >= 0.3 is 0 Å². The molecule has 1 amide bonds. The number of carbonyl (C=O) groups is 1. The second-order valence-electron chi connectivity index (χ2n) is 6.36. The van der Waals surface area contributed by atoms with Crippen molar-refractivity contribution >= 4 is 5.91 Å². The molecule has 1 atom stereocenters. The van der Waals surface area contributed by atoms with Gasteiger partial charge in [0, 0.05) is 12.6 Å². The Morgan fingerprint density at radius 2 is 1.75 bits per heavy atom. The molecule has 0 saturated carbocycles. The molecule has 0 radical (unpaired) electrons. The first-order valence-electron chi connectivity index (χ1n) is 8.27. The maximum absolute atomic E-state index is 13.1. The number of nitrogens with one attached hydrogen (secondary N) is 2. The number of rotatable bonds is 7. The topological polar surface area (TPSA) is 41.1 Å². The minimum absolute atomic E-state index is 0.00908. The number of halogens is 1. The van der Waals surface area contributed by atoms with Gasteiger partial charge < -0.3 is 10.6 Å². The van der Waals surface area contributed by atoms with Crippen LogP contribution in [0.2, 0.25) is 0 Å². The molecule has 2 aromatic carbocycles. The van der Waals surface area contributed by atoms with E-state index in [1.54, 1.807) is 12.1 Å². The van der Waals surface area contributed by atoms with E-state index in [0.717, 1.165) is 16.7 Å². The van der Waals surface area contributed by atoms with Crippen molar-refractivity contribution in [2.75, 3.05) is 6.54 Å². The van der Waals surface area contributed by atoms with Crippen LogP contribution in [0, 0.1) is 18.7 Å². The fraction of sp³-hybridized carbons (Fsp3) is 0.350. The Morgan fingerprint density at radius 1 is 1.08 bits per heavy atom. The Kier molecular flexibility index (Phi) is 6.50. The van der Waals surface area contributed by atoms with Gasteiger partial charge in [-0.3, -0.25) is 4.79 Å². The summed E-state index contributed by atoms with van der Waals surface area (Å²) in [4.78, 5) is 12.1. The maximum atomic E-state index is 13.1. The molecule has 128 valence electrons. The van der Waals surface area contributed by atoms with Crippen molar-refractivity contribution in [1.82, 2.24) is 10.6 Å². The van der Waals surface area contributed by atoms with Crippen LogP contribution in [0.3, 0.4) is 0 Å². The van der Waals surface area contributed by atoms with Crippen LogP contribution in [-0.4, -0.2) is 12.5 Å². The van der Waals surface area contributed by atoms with Gasteiger partial charge in [0.15, 0.2) is 0 Å². The van der Waals surface area contributed by atoms with Gasteiger partial charge in [0.05, 0.1) is 6.54 Å². The average molecular weight is 328 g/mol. The lowest BCUT2D eigenvalue weighted by molar-refractivity contribution is -0.120. The normalized spacial score (nSPS) is 12.2. The van der Waals surface area contributed by atoms with Crippen LogP contribution in [0.25, 0.3) is 0 Å². The summed E-state index contributed by atoms with van der Waals surface area (Å²) < 4.78 is 13.1. The van der Waals surface area contributed by atoms with Gasteiger partial charge in [-0.15, -0.1) is 0 Å². The van der Waals surface area contributed by atoms with Crippen LogP contribution < -0.4 is 10.6 Å². The van der Waals surface area contributed by atoms with Gasteiger partial charge in [0.25, 0.3) is 0 Å². The van der Waals surface area contributed by atoms with Crippen molar-refractivity contribution in [2.45, 2.75) is 33.4 Å². The quantitative estimate of drug-likeness (QED) is 0.813. The number of carbonyl (C=O) groups excluding carboxylic acids is 1. The standard InChI is InChI=1S/C20H25FN2O/c1-14(2)20(16-8-10-18(21)11-9-16)23-13-19(24)22-12-17-7-5-4-6-15(17)3/h4-11,14,20,23H,12-13H2,1-3H3,(H,22,24)/t20-/m0/s1. The molecule has 0 aromatic heterocycles. The highest BCUT2D eigenvalue weighted by Gasteiger charge is 2.16. The first-order chi connectivity index (χ1) is 11.5. The summed E-state index contributed by atoms with van der Waals surface area (Å²) in [5.41, 5.74) is 3.26. The fourth-order valence-electron chi connectivity index (χ4n) is 2.68. The molecule has 2 rings (SSSR count). The lowest BCUT2D eigenvalue weighted by atomic mass is 9.96. The molecule has 24 heavy (non-hydrogen) atoms. The lowest BCUT2D eigenvalue weighted by Gasteiger charge is -2.23. The fourth-order valence-corrected chi connectivity index (χ4v) is 2.68. The van der Waals surface area contributed by atoms with E-state index in [1.165, 1.54) is 12.1 Å². The van der Waals surface area contributed by atoms with Crippen LogP contribution in [0.15, 0.2) is 48.5 Å². The minimum Gasteiger partial charge on any atom is -0.351 e. The Labute approximate surface area is 143 Å². The number of benzene rings is 2. The molecule has 2 N–H and O–H groups in total. The van der Waals surface area contributed by atoms with E-state index in [1.807, 2.05) is 31.2 Å². The van der Waals surface area contributed by atoms with Crippen LogP contribution in [0.5, 0.6) is 0 Å². The summed E-state index contributed by atoms with van der Waals surface area (Å²) in [6, 6.07) is 14.4. The van der Waals surface area contributed by atoms with Gasteiger partial charge in [-0.1, -0.05) is 50.2 Å². The number of aryl methyl sites for hydroxylation is 1. The first-order valence-corrected chi connectivity index (χ1v) is 8.27. The summed E-state index contributed by atoms with van der Waals surface area (Å²) in [5.74, 6) is -0.0112. The van der Waals surface area contributed by atoms with Crippen molar-refractivity contribution in [2.24, 2.45) is 5.92 Å². The van der Waals surface area contributed by atoms with Crippen LogP contribution in [-0.2, 0) is 11.3 Å². The Bertz CT molecular complexity index is 668. The van der Waals surface area contributed by atoms with E-state index in [-0.39, 0.29) is 24.3 Å². The Balaban J connectivity index is 1.88. The number of hydrogen-bond donors (Lipinski definition) is 2. The molecule has 0 aliphatic rings.